The average Bonchev–Trinajstić information content (AvgIpc) is 3.93. The maximum Gasteiger partial charge on any atom is 0.408 e. The van der Waals surface area contributed by atoms with Crippen LogP contribution < -0.4 is 20.1 Å². The summed E-state index contributed by atoms with van der Waals surface area (Å²) in [5, 5.41) is 6.82. The zero-order chi connectivity index (χ0) is 37.9. The summed E-state index contributed by atoms with van der Waals surface area (Å²) in [5.41, 5.74) is 0.188. The van der Waals surface area contributed by atoms with Gasteiger partial charge in [-0.25, -0.2) is 18.2 Å². The minimum Gasteiger partial charge on any atom is -0.483 e. The molecule has 4 fully saturated rings. The molecular weight excluding hydrogens is 711 g/mol. The molecule has 54 heavy (non-hydrogen) atoms. The van der Waals surface area contributed by atoms with E-state index in [9.17, 15) is 27.6 Å². The molecule has 6 aliphatic rings. The lowest BCUT2D eigenvalue weighted by Crippen LogP contribution is -2.58. The van der Waals surface area contributed by atoms with Crippen molar-refractivity contribution >= 4 is 44.7 Å². The van der Waals surface area contributed by atoms with Gasteiger partial charge in [0.2, 0.25) is 21.8 Å². The van der Waals surface area contributed by atoms with Gasteiger partial charge in [-0.3, -0.25) is 19.1 Å². The number of pyridine rings is 1. The average molecular weight is 762 g/mol. The van der Waals surface area contributed by atoms with Crippen molar-refractivity contribution in [1.29, 1.82) is 0 Å². The number of nitrogens with one attached hydrogen (secondary N) is 3. The van der Waals surface area contributed by atoms with Crippen molar-refractivity contribution in [1.82, 2.24) is 25.2 Å². The van der Waals surface area contributed by atoms with Crippen molar-refractivity contribution in [3.05, 3.63) is 47.7 Å². The van der Waals surface area contributed by atoms with Crippen LogP contribution in [0.4, 0.5) is 4.79 Å². The molecule has 0 radical (unpaired) electrons. The first-order valence-electron chi connectivity index (χ1n) is 19.7. The molecule has 1 aromatic heterocycles. The topological polar surface area (TPSA) is 173 Å². The molecule has 4 heterocycles. The molecule has 1 aromatic carbocycles. The van der Waals surface area contributed by atoms with Gasteiger partial charge in [-0.05, 0) is 97.0 Å². The van der Waals surface area contributed by atoms with Crippen molar-refractivity contribution in [3.8, 4) is 5.75 Å². The fourth-order valence-corrected chi connectivity index (χ4v) is 10.3. The summed E-state index contributed by atoms with van der Waals surface area (Å²) in [5.74, 6) is -1.51. The van der Waals surface area contributed by atoms with Crippen LogP contribution in [0.1, 0.15) is 108 Å². The number of rotatable bonds is 5. The van der Waals surface area contributed by atoms with E-state index in [1.165, 1.54) is 4.90 Å². The number of ether oxygens (including phenoxy) is 2. The predicted octanol–water partition coefficient (Wildman–Crippen LogP) is 4.64. The Hall–Kier alpha value is -4.20. The SMILES string of the molecule is Cc1nc2ccccc2c2c1O[C@]1(CC2)C[C@H]2C(=O)N[C@]3(C(=O)NS(=O)(=O)C4(C)CC4)C[C@H]3/C=C\CCCCC[C@H](NC(=O)OC3CCCC3)C(=O)N2C1. The molecule has 1 spiro atoms. The van der Waals surface area contributed by atoms with Crippen LogP contribution in [-0.2, 0) is 35.6 Å². The molecule has 3 aliphatic heterocycles. The van der Waals surface area contributed by atoms with E-state index >= 15 is 0 Å². The van der Waals surface area contributed by atoms with Crippen molar-refractivity contribution < 1.29 is 37.1 Å². The van der Waals surface area contributed by atoms with Crippen molar-refractivity contribution in [3.63, 3.8) is 0 Å². The Morgan fingerprint density at radius 1 is 1.02 bits per heavy atom. The first kappa shape index (κ1) is 36.8. The Bertz CT molecular complexity index is 2010. The van der Waals surface area contributed by atoms with E-state index < -0.39 is 67.7 Å². The number of hydrogen-bond acceptors (Lipinski definition) is 9. The molecule has 1 saturated heterocycles. The molecule has 3 saturated carbocycles. The molecule has 5 atom stereocenters. The number of sulfonamides is 1. The van der Waals surface area contributed by atoms with Crippen LogP contribution in [0.3, 0.4) is 0 Å². The Kier molecular flexibility index (Phi) is 9.41. The number of aryl methyl sites for hydroxylation is 2. The molecule has 3 aliphatic carbocycles. The summed E-state index contributed by atoms with van der Waals surface area (Å²) in [7, 11) is -3.97. The summed E-state index contributed by atoms with van der Waals surface area (Å²) in [6, 6.07) is 5.90. The van der Waals surface area contributed by atoms with Gasteiger partial charge in [-0.1, -0.05) is 43.2 Å². The number of amides is 4. The minimum absolute atomic E-state index is 0.0841. The van der Waals surface area contributed by atoms with Gasteiger partial charge in [-0.2, -0.15) is 0 Å². The molecule has 290 valence electrons. The zero-order valence-electron chi connectivity index (χ0n) is 31.2. The summed E-state index contributed by atoms with van der Waals surface area (Å²) in [4.78, 5) is 62.8. The van der Waals surface area contributed by atoms with Crippen LogP contribution in [0.15, 0.2) is 36.4 Å². The zero-order valence-corrected chi connectivity index (χ0v) is 32.0. The number of para-hydroxylation sites is 1. The smallest absolute Gasteiger partial charge is 0.408 e. The number of benzene rings is 1. The molecule has 8 rings (SSSR count). The second-order valence-electron chi connectivity index (χ2n) is 16.7. The number of allylic oxidation sites excluding steroid dienone is 1. The number of hydrogen-bond donors (Lipinski definition) is 3. The Balaban J connectivity index is 1.12. The number of carbonyl (C=O) groups is 4. The standard InChI is InChI=1S/C40H51N5O8S/c1-25-33-29(28-15-10-11-16-30(28)41-25)18-19-39(53-33)23-32-34(46)43-40(36(48)44-54(50,51)38(2)20-21-38)22-26(40)12-6-4-3-5-7-17-31(35(47)45(32)24-39)42-37(49)52-27-13-8-9-14-27/h6,10-12,15-16,26-27,31-32H,3-5,7-9,13-14,17-24H2,1-2H3,(H,42,49)(H,43,46)(H,44,48)/b12-6-/t26-,31+,32+,39-,40-/m1/s1. The maximum absolute atomic E-state index is 14.7. The quantitative estimate of drug-likeness (QED) is 0.367. The summed E-state index contributed by atoms with van der Waals surface area (Å²) < 4.78 is 40.3. The molecule has 4 amide bonds. The van der Waals surface area contributed by atoms with Gasteiger partial charge in [0, 0.05) is 23.3 Å². The molecule has 14 heteroatoms. The van der Waals surface area contributed by atoms with Gasteiger partial charge < -0.3 is 25.0 Å². The van der Waals surface area contributed by atoms with Crippen LogP contribution in [0, 0.1) is 12.8 Å². The van der Waals surface area contributed by atoms with Gasteiger partial charge >= 0.3 is 6.09 Å². The number of aromatic nitrogens is 1. The van der Waals surface area contributed by atoms with E-state index in [0.717, 1.165) is 55.0 Å². The van der Waals surface area contributed by atoms with Crippen LogP contribution >= 0.6 is 0 Å². The number of alkyl carbamates (subject to hydrolysis) is 1. The molecule has 2 aromatic rings. The fourth-order valence-electron chi connectivity index (χ4n) is 8.98. The number of fused-ring (bicyclic) bond motifs is 5. The fraction of sp³-hybridized carbons (Fsp3) is 0.625. The first-order chi connectivity index (χ1) is 25.8. The summed E-state index contributed by atoms with van der Waals surface area (Å²) in [6.45, 7) is 3.59. The van der Waals surface area contributed by atoms with Crippen LogP contribution in [0.2, 0.25) is 0 Å². The Labute approximate surface area is 316 Å². The second-order valence-corrected chi connectivity index (χ2v) is 18.9. The monoisotopic (exact) mass is 761 g/mol. The van der Waals surface area contributed by atoms with Gasteiger partial charge in [-0.15, -0.1) is 0 Å². The second kappa shape index (κ2) is 13.8. The van der Waals surface area contributed by atoms with Gasteiger partial charge in [0.15, 0.2) is 0 Å². The highest BCUT2D eigenvalue weighted by Crippen LogP contribution is 2.49. The minimum atomic E-state index is -3.97. The van der Waals surface area contributed by atoms with Crippen LogP contribution in [0.25, 0.3) is 10.9 Å². The predicted molar refractivity (Wildman–Crippen MR) is 200 cm³/mol. The van der Waals surface area contributed by atoms with Gasteiger partial charge in [0.25, 0.3) is 5.91 Å². The highest BCUT2D eigenvalue weighted by molar-refractivity contribution is 7.91. The lowest BCUT2D eigenvalue weighted by atomic mass is 9.87. The van der Waals surface area contributed by atoms with E-state index in [0.29, 0.717) is 56.4 Å². The number of carbonyl (C=O) groups excluding carboxylic acids is 4. The number of nitrogens with zero attached hydrogens (tertiary/aromatic N) is 2. The van der Waals surface area contributed by atoms with E-state index in [4.69, 9.17) is 14.5 Å². The molecule has 13 nitrogen and oxygen atoms in total. The van der Waals surface area contributed by atoms with Crippen molar-refractivity contribution in [2.45, 2.75) is 144 Å². The van der Waals surface area contributed by atoms with Gasteiger partial charge in [0.05, 0.1) is 22.5 Å². The van der Waals surface area contributed by atoms with Crippen LogP contribution in [0.5, 0.6) is 5.75 Å². The molecular formula is C40H51N5O8S. The van der Waals surface area contributed by atoms with Crippen molar-refractivity contribution in [2.24, 2.45) is 5.92 Å². The normalized spacial score (nSPS) is 31.5. The van der Waals surface area contributed by atoms with Gasteiger partial charge in [0.1, 0.15) is 35.1 Å². The molecule has 0 bridgehead atoms. The third-order valence-corrected chi connectivity index (χ3v) is 14.9. The molecule has 0 unspecified atom stereocenters. The van der Waals surface area contributed by atoms with E-state index in [1.807, 2.05) is 43.3 Å². The van der Waals surface area contributed by atoms with Crippen molar-refractivity contribution in [2.75, 3.05) is 6.54 Å². The molecule has 3 N–H and O–H groups in total. The first-order valence-corrected chi connectivity index (χ1v) is 21.2. The van der Waals surface area contributed by atoms with E-state index in [1.54, 1.807) is 6.92 Å². The third kappa shape index (κ3) is 6.83. The Morgan fingerprint density at radius 2 is 1.78 bits per heavy atom. The van der Waals surface area contributed by atoms with Crippen LogP contribution in [-0.4, -0.2) is 82.7 Å². The third-order valence-electron chi connectivity index (χ3n) is 12.7. The maximum atomic E-state index is 14.7. The lowest BCUT2D eigenvalue weighted by molar-refractivity contribution is -0.141. The highest BCUT2D eigenvalue weighted by atomic mass is 32.2. The van der Waals surface area contributed by atoms with E-state index in [2.05, 4.69) is 15.4 Å². The highest BCUT2D eigenvalue weighted by Gasteiger charge is 2.64. The Morgan fingerprint density at radius 3 is 2.56 bits per heavy atom. The summed E-state index contributed by atoms with van der Waals surface area (Å²) >= 11 is 0. The largest absolute Gasteiger partial charge is 0.483 e. The van der Waals surface area contributed by atoms with E-state index in [-0.39, 0.29) is 25.5 Å². The lowest BCUT2D eigenvalue weighted by Gasteiger charge is -2.36. The summed E-state index contributed by atoms with van der Waals surface area (Å²) in [6.07, 6.45) is 12.4.